The molecule has 5 heteroatoms. The summed E-state index contributed by atoms with van der Waals surface area (Å²) in [5.74, 6) is 0.620. The topological polar surface area (TPSA) is 75.6 Å². The van der Waals surface area contributed by atoms with E-state index in [0.29, 0.717) is 28.5 Å². The maximum atomic E-state index is 13.6. The van der Waals surface area contributed by atoms with Crippen LogP contribution in [0.4, 0.5) is 10.2 Å². The van der Waals surface area contributed by atoms with Crippen molar-refractivity contribution in [1.82, 2.24) is 9.97 Å². The van der Waals surface area contributed by atoms with E-state index in [2.05, 4.69) is 9.97 Å². The monoisotopic (exact) mass is 270 g/mol. The Morgan fingerprint density at radius 3 is 2.55 bits per heavy atom. The molecule has 102 valence electrons. The maximum Gasteiger partial charge on any atom is 0.133 e. The normalized spacial score (nSPS) is 10.6. The lowest BCUT2D eigenvalue weighted by atomic mass is 10.0. The van der Waals surface area contributed by atoms with Crippen molar-refractivity contribution < 1.29 is 4.39 Å². The number of nitrogens with zero attached hydrogens (tertiary/aromatic N) is 3. The van der Waals surface area contributed by atoms with Crippen LogP contribution in [0.5, 0.6) is 0 Å². The molecular weight excluding hydrogens is 255 g/mol. The van der Waals surface area contributed by atoms with Gasteiger partial charge in [0.05, 0.1) is 17.3 Å². The Balaban J connectivity index is 2.69. The van der Waals surface area contributed by atoms with Crippen molar-refractivity contribution in [2.24, 2.45) is 0 Å². The van der Waals surface area contributed by atoms with Crippen molar-refractivity contribution in [2.75, 3.05) is 5.73 Å². The molecule has 20 heavy (non-hydrogen) atoms. The molecule has 0 bridgehead atoms. The summed E-state index contributed by atoms with van der Waals surface area (Å²) in [6, 6.07) is 6.07. The van der Waals surface area contributed by atoms with Crippen molar-refractivity contribution in [3.05, 3.63) is 41.0 Å². The molecule has 4 nitrogen and oxygen atoms in total. The van der Waals surface area contributed by atoms with Gasteiger partial charge in [-0.25, -0.2) is 14.4 Å². The van der Waals surface area contributed by atoms with Crippen molar-refractivity contribution in [3.63, 3.8) is 0 Å². The zero-order valence-corrected chi connectivity index (χ0v) is 11.6. The fraction of sp³-hybridized carbons (Fsp3) is 0.267. The van der Waals surface area contributed by atoms with Crippen LogP contribution in [0, 0.1) is 24.1 Å². The van der Waals surface area contributed by atoms with E-state index in [1.807, 2.05) is 19.9 Å². The molecule has 0 fully saturated rings. The molecule has 1 aromatic carbocycles. The lowest BCUT2D eigenvalue weighted by Crippen LogP contribution is -2.06. The van der Waals surface area contributed by atoms with E-state index < -0.39 is 5.82 Å². The first-order valence-corrected chi connectivity index (χ1v) is 6.27. The smallest absolute Gasteiger partial charge is 0.133 e. The second-order valence-corrected chi connectivity index (χ2v) is 4.94. The third kappa shape index (κ3) is 2.59. The quantitative estimate of drug-likeness (QED) is 0.909. The van der Waals surface area contributed by atoms with Crippen LogP contribution in [0.25, 0.3) is 11.3 Å². The summed E-state index contributed by atoms with van der Waals surface area (Å²) in [6.45, 7) is 5.70. The van der Waals surface area contributed by atoms with Gasteiger partial charge in [-0.2, -0.15) is 5.26 Å². The number of hydrogen-bond donors (Lipinski definition) is 1. The van der Waals surface area contributed by atoms with Gasteiger partial charge in [0.25, 0.3) is 0 Å². The Bertz CT molecular complexity index is 702. The zero-order chi connectivity index (χ0) is 14.9. The average molecular weight is 270 g/mol. The highest BCUT2D eigenvalue weighted by molar-refractivity contribution is 5.68. The van der Waals surface area contributed by atoms with Gasteiger partial charge in [0.2, 0.25) is 0 Å². The van der Waals surface area contributed by atoms with Gasteiger partial charge in [0.1, 0.15) is 17.5 Å². The third-order valence-electron chi connectivity index (χ3n) is 3.02. The molecule has 0 unspecified atom stereocenters. The minimum atomic E-state index is -0.471. The second-order valence-electron chi connectivity index (χ2n) is 4.94. The zero-order valence-electron chi connectivity index (χ0n) is 11.6. The Hall–Kier alpha value is -2.48. The molecule has 0 amide bonds. The first-order valence-electron chi connectivity index (χ1n) is 6.27. The van der Waals surface area contributed by atoms with Gasteiger partial charge in [-0.1, -0.05) is 13.8 Å². The Labute approximate surface area is 117 Å². The van der Waals surface area contributed by atoms with Crippen LogP contribution in [0.3, 0.4) is 0 Å². The summed E-state index contributed by atoms with van der Waals surface area (Å²) in [6.07, 6.45) is 0. The number of benzene rings is 1. The lowest BCUT2D eigenvalue weighted by Gasteiger charge is -2.12. The number of nitrogens with two attached hydrogens (primary N) is 1. The predicted molar refractivity (Wildman–Crippen MR) is 75.4 cm³/mol. The summed E-state index contributed by atoms with van der Waals surface area (Å²) >= 11 is 0. The summed E-state index contributed by atoms with van der Waals surface area (Å²) in [4.78, 5) is 8.68. The van der Waals surface area contributed by atoms with Gasteiger partial charge < -0.3 is 5.73 Å². The number of nitrogen functional groups attached to an aromatic ring is 1. The van der Waals surface area contributed by atoms with E-state index in [0.717, 1.165) is 0 Å². The molecule has 1 aromatic heterocycles. The van der Waals surface area contributed by atoms with Crippen LogP contribution in [-0.4, -0.2) is 9.97 Å². The van der Waals surface area contributed by atoms with E-state index in [1.54, 1.807) is 13.0 Å². The summed E-state index contributed by atoms with van der Waals surface area (Å²) in [5, 5.41) is 8.93. The van der Waals surface area contributed by atoms with Gasteiger partial charge in [-0.05, 0) is 25.1 Å². The number of halogens is 1. The van der Waals surface area contributed by atoms with E-state index in [9.17, 15) is 4.39 Å². The lowest BCUT2D eigenvalue weighted by molar-refractivity contribution is 0.627. The van der Waals surface area contributed by atoms with Crippen molar-refractivity contribution in [3.8, 4) is 17.3 Å². The van der Waals surface area contributed by atoms with Crippen LogP contribution >= 0.6 is 0 Å². The highest BCUT2D eigenvalue weighted by Gasteiger charge is 2.14. The number of rotatable bonds is 2. The molecule has 0 saturated heterocycles. The Morgan fingerprint density at radius 2 is 1.95 bits per heavy atom. The van der Waals surface area contributed by atoms with Crippen molar-refractivity contribution in [2.45, 2.75) is 26.7 Å². The molecule has 2 rings (SSSR count). The SMILES string of the molecule is Cc1c(N)nc(C(C)C)nc1-c1cc(F)cc(C#N)c1. The molecular formula is C15H15FN4. The second kappa shape index (κ2) is 5.25. The molecule has 0 aliphatic carbocycles. The number of aromatic nitrogens is 2. The molecule has 0 saturated carbocycles. The fourth-order valence-corrected chi connectivity index (χ4v) is 1.88. The summed E-state index contributed by atoms with van der Waals surface area (Å²) in [7, 11) is 0. The standard InChI is InChI=1S/C15H15FN4/c1-8(2)15-19-13(9(3)14(18)20-15)11-4-10(7-17)5-12(16)6-11/h4-6,8H,1-3H3,(H2,18,19,20). The van der Waals surface area contributed by atoms with Gasteiger partial charge in [0, 0.05) is 17.0 Å². The number of hydrogen-bond acceptors (Lipinski definition) is 4. The minimum Gasteiger partial charge on any atom is -0.383 e. The Kier molecular flexibility index (Phi) is 3.66. The first-order chi connectivity index (χ1) is 9.42. The van der Waals surface area contributed by atoms with Crippen LogP contribution in [-0.2, 0) is 0 Å². The molecule has 0 spiro atoms. The fourth-order valence-electron chi connectivity index (χ4n) is 1.88. The molecule has 2 N–H and O–H groups in total. The third-order valence-corrected chi connectivity index (χ3v) is 3.02. The van der Waals surface area contributed by atoms with E-state index in [4.69, 9.17) is 11.0 Å². The molecule has 0 aliphatic rings. The summed E-state index contributed by atoms with van der Waals surface area (Å²) in [5.41, 5.74) is 7.94. The van der Waals surface area contributed by atoms with Crippen LogP contribution in [0.15, 0.2) is 18.2 Å². The maximum absolute atomic E-state index is 13.6. The molecule has 0 aliphatic heterocycles. The van der Waals surface area contributed by atoms with Crippen LogP contribution in [0.1, 0.15) is 36.7 Å². The predicted octanol–water partition coefficient (Wildman–Crippen LogP) is 3.17. The van der Waals surface area contributed by atoms with Gasteiger partial charge >= 0.3 is 0 Å². The minimum absolute atomic E-state index is 0.112. The van der Waals surface area contributed by atoms with E-state index in [-0.39, 0.29) is 11.5 Å². The molecule has 2 aromatic rings. The molecule has 0 atom stereocenters. The van der Waals surface area contributed by atoms with E-state index >= 15 is 0 Å². The van der Waals surface area contributed by atoms with Gasteiger partial charge in [0.15, 0.2) is 0 Å². The largest absolute Gasteiger partial charge is 0.383 e. The van der Waals surface area contributed by atoms with Crippen molar-refractivity contribution in [1.29, 1.82) is 5.26 Å². The molecule has 0 radical (unpaired) electrons. The average Bonchev–Trinajstić information content (AvgIpc) is 2.40. The Morgan fingerprint density at radius 1 is 1.25 bits per heavy atom. The van der Waals surface area contributed by atoms with Gasteiger partial charge in [-0.15, -0.1) is 0 Å². The number of nitriles is 1. The van der Waals surface area contributed by atoms with Crippen LogP contribution in [0.2, 0.25) is 0 Å². The van der Waals surface area contributed by atoms with Gasteiger partial charge in [-0.3, -0.25) is 0 Å². The summed E-state index contributed by atoms with van der Waals surface area (Å²) < 4.78 is 13.6. The first kappa shape index (κ1) is 13.9. The molecule has 1 heterocycles. The van der Waals surface area contributed by atoms with Crippen LogP contribution < -0.4 is 5.73 Å². The number of anilines is 1. The van der Waals surface area contributed by atoms with E-state index in [1.165, 1.54) is 12.1 Å². The van der Waals surface area contributed by atoms with Crippen molar-refractivity contribution >= 4 is 5.82 Å². The highest BCUT2D eigenvalue weighted by atomic mass is 19.1. The highest BCUT2D eigenvalue weighted by Crippen LogP contribution is 2.27.